The quantitative estimate of drug-likeness (QED) is 0.483. The summed E-state index contributed by atoms with van der Waals surface area (Å²) in [7, 11) is -1.07. The maximum atomic E-state index is 3.98. The minimum absolute atomic E-state index is 1.07. The molecule has 17 heavy (non-hydrogen) atoms. The van der Waals surface area contributed by atoms with Crippen LogP contribution in [0.25, 0.3) is 0 Å². The third-order valence-electron chi connectivity index (χ3n) is 3.50. The summed E-state index contributed by atoms with van der Waals surface area (Å²) < 4.78 is 0. The summed E-state index contributed by atoms with van der Waals surface area (Å²) in [5.41, 5.74) is 2.23. The molecule has 0 bridgehead atoms. The van der Waals surface area contributed by atoms with Crippen molar-refractivity contribution >= 4 is 8.07 Å². The Bertz CT molecular complexity index is 181. The first-order valence-corrected chi connectivity index (χ1v) is 10.7. The SMILES string of the molecule is C=C[Si](C)(C)CCCN(CCCC)CCCC. The molecule has 1 nitrogen and oxygen atoms in total. The van der Waals surface area contributed by atoms with Crippen LogP contribution in [0.15, 0.2) is 12.3 Å². The first kappa shape index (κ1) is 16.9. The summed E-state index contributed by atoms with van der Waals surface area (Å²) in [5, 5.41) is 0. The molecule has 0 saturated heterocycles. The highest BCUT2D eigenvalue weighted by Crippen LogP contribution is 2.13. The van der Waals surface area contributed by atoms with Crippen LogP contribution in [0.1, 0.15) is 46.0 Å². The summed E-state index contributed by atoms with van der Waals surface area (Å²) in [5.74, 6) is 0. The molecule has 2 heteroatoms. The van der Waals surface area contributed by atoms with E-state index >= 15 is 0 Å². The third-order valence-corrected chi connectivity index (χ3v) is 6.25. The molecule has 0 spiro atoms. The lowest BCUT2D eigenvalue weighted by molar-refractivity contribution is 0.265. The lowest BCUT2D eigenvalue weighted by atomic mass is 10.2. The Labute approximate surface area is 110 Å². The lowest BCUT2D eigenvalue weighted by Gasteiger charge is -2.24. The molecule has 0 unspecified atom stereocenters. The van der Waals surface area contributed by atoms with E-state index in [0.29, 0.717) is 0 Å². The Hall–Kier alpha value is -0.0831. The number of nitrogens with zero attached hydrogens (tertiary/aromatic N) is 1. The van der Waals surface area contributed by atoms with E-state index in [1.165, 1.54) is 57.8 Å². The van der Waals surface area contributed by atoms with Gasteiger partial charge in [-0.3, -0.25) is 0 Å². The first-order chi connectivity index (χ1) is 8.05. The van der Waals surface area contributed by atoms with Gasteiger partial charge in [0, 0.05) is 0 Å². The van der Waals surface area contributed by atoms with E-state index in [2.05, 4.69) is 44.1 Å². The highest BCUT2D eigenvalue weighted by molar-refractivity contribution is 6.82. The fraction of sp³-hybridized carbons (Fsp3) is 0.867. The second kappa shape index (κ2) is 9.90. The molecule has 0 aliphatic carbocycles. The standard InChI is InChI=1S/C15H33NSi/c1-6-9-12-16(13-10-7-2)14-11-15-17(4,5)8-3/h8H,3,6-7,9-15H2,1-2,4-5H3. The number of hydrogen-bond donors (Lipinski definition) is 0. The van der Waals surface area contributed by atoms with Gasteiger partial charge in [-0.15, -0.1) is 12.3 Å². The Kier molecular flexibility index (Phi) is 9.85. The van der Waals surface area contributed by atoms with Gasteiger partial charge in [0.05, 0.1) is 8.07 Å². The molecule has 0 atom stereocenters. The topological polar surface area (TPSA) is 3.24 Å². The van der Waals surface area contributed by atoms with Crippen molar-refractivity contribution in [1.82, 2.24) is 4.90 Å². The predicted octanol–water partition coefficient (Wildman–Crippen LogP) is 4.71. The Morgan fingerprint density at radius 2 is 1.41 bits per heavy atom. The summed E-state index contributed by atoms with van der Waals surface area (Å²) in [6.07, 6.45) is 6.70. The number of unbranched alkanes of at least 4 members (excludes halogenated alkanes) is 2. The van der Waals surface area contributed by atoms with Crippen LogP contribution in [0.3, 0.4) is 0 Å². The van der Waals surface area contributed by atoms with Gasteiger partial charge in [0.1, 0.15) is 0 Å². The van der Waals surface area contributed by atoms with Gasteiger partial charge in [0.25, 0.3) is 0 Å². The average Bonchev–Trinajstić information content (AvgIpc) is 2.31. The zero-order chi connectivity index (χ0) is 13.1. The van der Waals surface area contributed by atoms with Crippen LogP contribution in [0, 0.1) is 0 Å². The molecular weight excluding hydrogens is 222 g/mol. The van der Waals surface area contributed by atoms with Crippen LogP contribution in [0.5, 0.6) is 0 Å². The van der Waals surface area contributed by atoms with Crippen molar-refractivity contribution in [2.75, 3.05) is 19.6 Å². The van der Waals surface area contributed by atoms with Crippen molar-refractivity contribution in [1.29, 1.82) is 0 Å². The molecule has 0 rings (SSSR count). The molecule has 0 aliphatic heterocycles. The number of hydrogen-bond acceptors (Lipinski definition) is 1. The van der Waals surface area contributed by atoms with Gasteiger partial charge < -0.3 is 4.90 Å². The number of rotatable bonds is 11. The van der Waals surface area contributed by atoms with E-state index in [1.807, 2.05) is 0 Å². The zero-order valence-corrected chi connectivity index (χ0v) is 13.6. The van der Waals surface area contributed by atoms with Crippen LogP contribution < -0.4 is 0 Å². The van der Waals surface area contributed by atoms with E-state index in [1.54, 1.807) is 0 Å². The molecule has 0 aliphatic rings. The van der Waals surface area contributed by atoms with Gasteiger partial charge in [-0.2, -0.15) is 0 Å². The van der Waals surface area contributed by atoms with E-state index in [9.17, 15) is 0 Å². The molecule has 0 amide bonds. The minimum Gasteiger partial charge on any atom is -0.303 e. The molecule has 0 aromatic rings. The second-order valence-electron chi connectivity index (χ2n) is 5.85. The van der Waals surface area contributed by atoms with Crippen LogP contribution in [-0.2, 0) is 0 Å². The average molecular weight is 256 g/mol. The molecule has 102 valence electrons. The summed E-state index contributed by atoms with van der Waals surface area (Å²) in [6, 6.07) is 1.39. The predicted molar refractivity (Wildman–Crippen MR) is 83.4 cm³/mol. The monoisotopic (exact) mass is 255 g/mol. The van der Waals surface area contributed by atoms with Gasteiger partial charge in [-0.05, 0) is 38.9 Å². The van der Waals surface area contributed by atoms with Crippen molar-refractivity contribution in [3.8, 4) is 0 Å². The fourth-order valence-corrected chi connectivity index (χ4v) is 3.23. The highest BCUT2D eigenvalue weighted by Gasteiger charge is 2.15. The van der Waals surface area contributed by atoms with Crippen molar-refractivity contribution in [2.24, 2.45) is 0 Å². The normalized spacial score (nSPS) is 12.1. The molecule has 0 fully saturated rings. The van der Waals surface area contributed by atoms with Crippen molar-refractivity contribution in [3.63, 3.8) is 0 Å². The maximum absolute atomic E-state index is 3.98. The molecule has 0 heterocycles. The van der Waals surface area contributed by atoms with E-state index in [4.69, 9.17) is 0 Å². The maximum Gasteiger partial charge on any atom is 0.0710 e. The summed E-state index contributed by atoms with van der Waals surface area (Å²) in [4.78, 5) is 2.67. The zero-order valence-electron chi connectivity index (χ0n) is 12.6. The van der Waals surface area contributed by atoms with Crippen molar-refractivity contribution < 1.29 is 0 Å². The van der Waals surface area contributed by atoms with E-state index < -0.39 is 8.07 Å². The second-order valence-corrected chi connectivity index (χ2v) is 10.7. The van der Waals surface area contributed by atoms with Crippen LogP contribution in [-0.4, -0.2) is 32.6 Å². The van der Waals surface area contributed by atoms with Crippen LogP contribution in [0.2, 0.25) is 19.1 Å². The Morgan fingerprint density at radius 3 is 1.82 bits per heavy atom. The molecule has 0 N–H and O–H groups in total. The third kappa shape index (κ3) is 9.60. The molecule has 0 radical (unpaired) electrons. The molecular formula is C15H33NSi. The van der Waals surface area contributed by atoms with Crippen molar-refractivity contribution in [2.45, 2.75) is 65.1 Å². The molecule has 0 aromatic carbocycles. The Morgan fingerprint density at radius 1 is 0.941 bits per heavy atom. The van der Waals surface area contributed by atoms with Gasteiger partial charge >= 0.3 is 0 Å². The highest BCUT2D eigenvalue weighted by atomic mass is 28.3. The molecule has 0 saturated carbocycles. The minimum atomic E-state index is -1.07. The first-order valence-electron chi connectivity index (χ1n) is 7.41. The largest absolute Gasteiger partial charge is 0.303 e. The van der Waals surface area contributed by atoms with E-state index in [0.717, 1.165) is 0 Å². The van der Waals surface area contributed by atoms with E-state index in [-0.39, 0.29) is 0 Å². The van der Waals surface area contributed by atoms with Gasteiger partial charge in [0.15, 0.2) is 0 Å². The van der Waals surface area contributed by atoms with Gasteiger partial charge in [0.2, 0.25) is 0 Å². The summed E-state index contributed by atoms with van der Waals surface area (Å²) >= 11 is 0. The van der Waals surface area contributed by atoms with Crippen LogP contribution >= 0.6 is 0 Å². The van der Waals surface area contributed by atoms with Gasteiger partial charge in [-0.1, -0.05) is 45.8 Å². The van der Waals surface area contributed by atoms with Crippen molar-refractivity contribution in [3.05, 3.63) is 12.3 Å². The van der Waals surface area contributed by atoms with Gasteiger partial charge in [-0.25, -0.2) is 0 Å². The Balaban J connectivity index is 3.85. The lowest BCUT2D eigenvalue weighted by Crippen LogP contribution is -2.29. The fourth-order valence-electron chi connectivity index (χ4n) is 1.96. The summed E-state index contributed by atoms with van der Waals surface area (Å²) in [6.45, 7) is 17.3. The smallest absolute Gasteiger partial charge is 0.0710 e. The molecule has 0 aromatic heterocycles. The van der Waals surface area contributed by atoms with Crippen LogP contribution in [0.4, 0.5) is 0 Å².